The van der Waals surface area contributed by atoms with Crippen LogP contribution in [-0.2, 0) is 11.3 Å². The van der Waals surface area contributed by atoms with E-state index in [1.54, 1.807) is 0 Å². The molecule has 2 aromatic rings. The fraction of sp³-hybridized carbons (Fsp3) is 0.435. The minimum absolute atomic E-state index is 0.0356. The van der Waals surface area contributed by atoms with Crippen molar-refractivity contribution in [1.82, 2.24) is 4.90 Å². The third-order valence-corrected chi connectivity index (χ3v) is 5.37. The molecule has 0 radical (unpaired) electrons. The molecule has 1 heterocycles. The molecule has 1 amide bonds. The van der Waals surface area contributed by atoms with Gasteiger partial charge in [-0.1, -0.05) is 32.0 Å². The van der Waals surface area contributed by atoms with E-state index in [1.165, 1.54) is 24.1 Å². The normalized spacial score (nSPS) is 13.8. The second kappa shape index (κ2) is 10.1. The van der Waals surface area contributed by atoms with E-state index >= 15 is 0 Å². The molecule has 0 aromatic heterocycles. The van der Waals surface area contributed by atoms with E-state index in [2.05, 4.69) is 52.5 Å². The van der Waals surface area contributed by atoms with Gasteiger partial charge in [0.15, 0.2) is 0 Å². The number of rotatable bonds is 9. The number of hydrogen-bond acceptors (Lipinski definition) is 4. The summed E-state index contributed by atoms with van der Waals surface area (Å²) in [7, 11) is 0. The van der Waals surface area contributed by atoms with E-state index in [4.69, 9.17) is 0 Å². The van der Waals surface area contributed by atoms with Gasteiger partial charge in [-0.25, -0.2) is 0 Å². The number of anilines is 3. The van der Waals surface area contributed by atoms with Crippen LogP contribution in [0.1, 0.15) is 32.3 Å². The maximum absolute atomic E-state index is 12.4. The van der Waals surface area contributed by atoms with Crippen molar-refractivity contribution in [2.75, 3.05) is 48.3 Å². The van der Waals surface area contributed by atoms with Gasteiger partial charge in [0, 0.05) is 36.7 Å². The van der Waals surface area contributed by atoms with Crippen molar-refractivity contribution in [1.29, 1.82) is 0 Å². The average Bonchev–Trinajstić information content (AvgIpc) is 3.26. The van der Waals surface area contributed by atoms with Crippen LogP contribution in [0.25, 0.3) is 0 Å². The Kier molecular flexibility index (Phi) is 7.31. The molecule has 3 rings (SSSR count). The Bertz CT molecular complexity index is 749. The van der Waals surface area contributed by atoms with Crippen molar-refractivity contribution in [3.05, 3.63) is 54.1 Å². The summed E-state index contributed by atoms with van der Waals surface area (Å²) in [5.74, 6) is -0.0356. The molecule has 0 unspecified atom stereocenters. The molecule has 28 heavy (non-hydrogen) atoms. The average molecular weight is 381 g/mol. The molecular formula is C23H32N4O. The van der Waals surface area contributed by atoms with Gasteiger partial charge < -0.3 is 15.5 Å². The van der Waals surface area contributed by atoms with Crippen molar-refractivity contribution in [2.45, 2.75) is 33.2 Å². The SMILES string of the molecule is CCN(CC)Cc1ccccc1NCC(=O)Nc1ccc(N2CCCC2)cc1. The van der Waals surface area contributed by atoms with Gasteiger partial charge in [0.05, 0.1) is 6.54 Å². The minimum Gasteiger partial charge on any atom is -0.376 e. The maximum Gasteiger partial charge on any atom is 0.243 e. The fourth-order valence-corrected chi connectivity index (χ4v) is 3.63. The van der Waals surface area contributed by atoms with Crippen LogP contribution in [0.5, 0.6) is 0 Å². The van der Waals surface area contributed by atoms with Crippen LogP contribution in [0.3, 0.4) is 0 Å². The summed E-state index contributed by atoms with van der Waals surface area (Å²) >= 11 is 0. The van der Waals surface area contributed by atoms with E-state index in [-0.39, 0.29) is 12.5 Å². The summed E-state index contributed by atoms with van der Waals surface area (Å²) in [5.41, 5.74) is 4.31. The Morgan fingerprint density at radius 2 is 1.68 bits per heavy atom. The number of carbonyl (C=O) groups excluding carboxylic acids is 1. The highest BCUT2D eigenvalue weighted by Gasteiger charge is 2.12. The van der Waals surface area contributed by atoms with Gasteiger partial charge in [0.25, 0.3) is 0 Å². The number of hydrogen-bond donors (Lipinski definition) is 2. The Morgan fingerprint density at radius 1 is 1.00 bits per heavy atom. The molecule has 0 bridgehead atoms. The van der Waals surface area contributed by atoms with Gasteiger partial charge >= 0.3 is 0 Å². The van der Waals surface area contributed by atoms with Crippen molar-refractivity contribution < 1.29 is 4.79 Å². The molecule has 5 heteroatoms. The van der Waals surface area contributed by atoms with Crippen LogP contribution in [0.4, 0.5) is 17.1 Å². The molecule has 5 nitrogen and oxygen atoms in total. The van der Waals surface area contributed by atoms with Gasteiger partial charge in [-0.2, -0.15) is 0 Å². The van der Waals surface area contributed by atoms with Gasteiger partial charge in [-0.05, 0) is 61.8 Å². The lowest BCUT2D eigenvalue weighted by Gasteiger charge is -2.20. The predicted octanol–water partition coefficient (Wildman–Crippen LogP) is 4.18. The van der Waals surface area contributed by atoms with Crippen molar-refractivity contribution in [3.8, 4) is 0 Å². The van der Waals surface area contributed by atoms with E-state index in [9.17, 15) is 4.79 Å². The van der Waals surface area contributed by atoms with Gasteiger partial charge in [0.1, 0.15) is 0 Å². The Labute approximate surface area is 168 Å². The zero-order valence-corrected chi connectivity index (χ0v) is 17.1. The molecule has 0 atom stereocenters. The molecule has 0 spiro atoms. The van der Waals surface area contributed by atoms with E-state index in [1.807, 2.05) is 30.3 Å². The Morgan fingerprint density at radius 3 is 2.36 bits per heavy atom. The first-order chi connectivity index (χ1) is 13.7. The van der Waals surface area contributed by atoms with Crippen LogP contribution in [0.15, 0.2) is 48.5 Å². The summed E-state index contributed by atoms with van der Waals surface area (Å²) in [4.78, 5) is 17.1. The van der Waals surface area contributed by atoms with Crippen LogP contribution < -0.4 is 15.5 Å². The van der Waals surface area contributed by atoms with Crippen molar-refractivity contribution in [3.63, 3.8) is 0 Å². The van der Waals surface area contributed by atoms with E-state index in [0.717, 1.165) is 44.1 Å². The van der Waals surface area contributed by atoms with Crippen LogP contribution in [0.2, 0.25) is 0 Å². The molecular weight excluding hydrogens is 348 g/mol. The summed E-state index contributed by atoms with van der Waals surface area (Å²) < 4.78 is 0. The highest BCUT2D eigenvalue weighted by Crippen LogP contribution is 2.22. The lowest BCUT2D eigenvalue weighted by Crippen LogP contribution is -2.25. The van der Waals surface area contributed by atoms with Gasteiger partial charge in [0.2, 0.25) is 5.91 Å². The summed E-state index contributed by atoms with van der Waals surface area (Å²) in [5, 5.41) is 6.28. The Hall–Kier alpha value is -2.53. The number of nitrogens with one attached hydrogen (secondary N) is 2. The summed E-state index contributed by atoms with van der Waals surface area (Å²) in [6, 6.07) is 16.4. The van der Waals surface area contributed by atoms with E-state index < -0.39 is 0 Å². The highest BCUT2D eigenvalue weighted by atomic mass is 16.1. The maximum atomic E-state index is 12.4. The summed E-state index contributed by atoms with van der Waals surface area (Å²) in [6.45, 7) is 9.76. The molecule has 1 fully saturated rings. The second-order valence-corrected chi connectivity index (χ2v) is 7.26. The van der Waals surface area contributed by atoms with Crippen LogP contribution >= 0.6 is 0 Å². The summed E-state index contributed by atoms with van der Waals surface area (Å²) in [6.07, 6.45) is 2.53. The molecule has 2 aromatic carbocycles. The monoisotopic (exact) mass is 380 g/mol. The van der Waals surface area contributed by atoms with Crippen LogP contribution in [-0.4, -0.2) is 43.5 Å². The van der Waals surface area contributed by atoms with Gasteiger partial charge in [-0.15, -0.1) is 0 Å². The Balaban J connectivity index is 1.53. The topological polar surface area (TPSA) is 47.6 Å². The third kappa shape index (κ3) is 5.49. The first-order valence-corrected chi connectivity index (χ1v) is 10.4. The first kappa shape index (κ1) is 20.2. The number of nitrogens with zero attached hydrogens (tertiary/aromatic N) is 2. The quantitative estimate of drug-likeness (QED) is 0.685. The number of carbonyl (C=O) groups is 1. The molecule has 0 saturated carbocycles. The standard InChI is InChI=1S/C23H32N4O/c1-3-26(4-2)18-19-9-5-6-10-22(19)24-17-23(28)25-20-11-13-21(14-12-20)27-15-7-8-16-27/h5-6,9-14,24H,3-4,7-8,15-18H2,1-2H3,(H,25,28). The first-order valence-electron chi connectivity index (χ1n) is 10.4. The lowest BCUT2D eigenvalue weighted by molar-refractivity contribution is -0.114. The number of para-hydroxylation sites is 1. The zero-order chi connectivity index (χ0) is 19.8. The second-order valence-electron chi connectivity index (χ2n) is 7.26. The van der Waals surface area contributed by atoms with Gasteiger partial charge in [-0.3, -0.25) is 9.69 Å². The van der Waals surface area contributed by atoms with Crippen molar-refractivity contribution >= 4 is 23.0 Å². The third-order valence-electron chi connectivity index (χ3n) is 5.37. The van der Waals surface area contributed by atoms with E-state index in [0.29, 0.717) is 0 Å². The highest BCUT2D eigenvalue weighted by molar-refractivity contribution is 5.94. The predicted molar refractivity (Wildman–Crippen MR) is 118 cm³/mol. The van der Waals surface area contributed by atoms with Crippen LogP contribution in [0, 0.1) is 0 Å². The minimum atomic E-state index is -0.0356. The lowest BCUT2D eigenvalue weighted by atomic mass is 10.1. The fourth-order valence-electron chi connectivity index (χ4n) is 3.63. The molecule has 1 aliphatic rings. The molecule has 2 N–H and O–H groups in total. The molecule has 0 aliphatic carbocycles. The number of amides is 1. The largest absolute Gasteiger partial charge is 0.376 e. The number of benzene rings is 2. The smallest absolute Gasteiger partial charge is 0.243 e. The molecule has 1 saturated heterocycles. The van der Waals surface area contributed by atoms with Crippen molar-refractivity contribution in [2.24, 2.45) is 0 Å². The molecule has 150 valence electrons. The zero-order valence-electron chi connectivity index (χ0n) is 17.1. The molecule has 1 aliphatic heterocycles.